The van der Waals surface area contributed by atoms with E-state index in [2.05, 4.69) is 9.97 Å². The number of nitrogens with one attached hydrogen (secondary N) is 1. The molecular formula is C17H18N4O5. The Morgan fingerprint density at radius 3 is 2.46 bits per heavy atom. The van der Waals surface area contributed by atoms with Gasteiger partial charge < -0.3 is 15.8 Å². The minimum atomic E-state index is -2.50. The van der Waals surface area contributed by atoms with Crippen molar-refractivity contribution in [3.05, 3.63) is 54.1 Å². The van der Waals surface area contributed by atoms with Crippen molar-refractivity contribution in [3.8, 4) is 0 Å². The molecule has 0 bridgehead atoms. The molecule has 2 aromatic rings. The molecule has 0 aliphatic carbocycles. The summed E-state index contributed by atoms with van der Waals surface area (Å²) in [5.41, 5.74) is 3.53. The number of hydrogen-bond donors (Lipinski definition) is 3. The van der Waals surface area contributed by atoms with E-state index < -0.39 is 23.3 Å². The lowest BCUT2D eigenvalue weighted by Gasteiger charge is -2.38. The average molecular weight is 358 g/mol. The van der Waals surface area contributed by atoms with E-state index in [1.165, 1.54) is 12.5 Å². The van der Waals surface area contributed by atoms with Crippen LogP contribution in [0.1, 0.15) is 23.6 Å². The van der Waals surface area contributed by atoms with Crippen LogP contribution in [0, 0.1) is 0 Å². The number of aromatic amines is 1. The summed E-state index contributed by atoms with van der Waals surface area (Å²) < 4.78 is 0. The van der Waals surface area contributed by atoms with Crippen molar-refractivity contribution < 1.29 is 24.3 Å². The fourth-order valence-corrected chi connectivity index (χ4v) is 2.88. The van der Waals surface area contributed by atoms with Crippen LogP contribution < -0.4 is 5.73 Å². The number of carbonyl (C=O) groups excluding carboxylic acids is 3. The molecule has 2 atom stereocenters. The summed E-state index contributed by atoms with van der Waals surface area (Å²) in [6, 6.07) is 8.23. The van der Waals surface area contributed by atoms with E-state index in [0.717, 1.165) is 0 Å². The van der Waals surface area contributed by atoms with Crippen LogP contribution in [0.15, 0.2) is 42.9 Å². The highest BCUT2D eigenvalue weighted by atomic mass is 16.4. The fourth-order valence-electron chi connectivity index (χ4n) is 2.88. The zero-order valence-electron chi connectivity index (χ0n) is 13.7. The third-order valence-corrected chi connectivity index (χ3v) is 4.06. The molecule has 1 aromatic heterocycles. The Labute approximate surface area is 148 Å². The largest absolute Gasteiger partial charge is 0.479 e. The minimum Gasteiger partial charge on any atom is -0.479 e. The number of imidazole rings is 1. The summed E-state index contributed by atoms with van der Waals surface area (Å²) >= 11 is 0. The molecule has 2 amide bonds. The number of nitrogens with two attached hydrogens (primary N) is 1. The number of hydrogen-bond acceptors (Lipinski definition) is 6. The highest BCUT2D eigenvalue weighted by molar-refractivity contribution is 6.06. The molecular weight excluding hydrogens is 340 g/mol. The second-order valence-electron chi connectivity index (χ2n) is 5.51. The zero-order chi connectivity index (χ0) is 19.2. The molecule has 1 aromatic carbocycles. The van der Waals surface area contributed by atoms with Crippen LogP contribution in [0.2, 0.25) is 0 Å². The highest BCUT2D eigenvalue weighted by Gasteiger charge is 2.55. The van der Waals surface area contributed by atoms with Crippen molar-refractivity contribution in [1.29, 1.82) is 0 Å². The van der Waals surface area contributed by atoms with Gasteiger partial charge in [-0.25, -0.2) is 9.78 Å². The monoisotopic (exact) mass is 358 g/mol. The van der Waals surface area contributed by atoms with Gasteiger partial charge in [-0.1, -0.05) is 30.3 Å². The van der Waals surface area contributed by atoms with E-state index in [0.29, 0.717) is 10.5 Å². The Hall–Kier alpha value is -3.33. The molecule has 0 saturated heterocycles. The summed E-state index contributed by atoms with van der Waals surface area (Å²) in [5, 5.41) is 9.92. The van der Waals surface area contributed by atoms with E-state index in [1.807, 2.05) is 0 Å². The molecule has 4 N–H and O–H groups in total. The first-order valence-corrected chi connectivity index (χ1v) is 7.73. The third kappa shape index (κ3) is 3.24. The normalized spacial score (nSPS) is 14.0. The molecule has 0 fully saturated rings. The lowest BCUT2D eigenvalue weighted by molar-refractivity contribution is -0.165. The first-order chi connectivity index (χ1) is 12.5. The summed E-state index contributed by atoms with van der Waals surface area (Å²) in [6.07, 6.45) is 2.51. The van der Waals surface area contributed by atoms with Crippen LogP contribution in [0.25, 0.3) is 0 Å². The van der Waals surface area contributed by atoms with Crippen molar-refractivity contribution in [2.75, 3.05) is 6.54 Å². The molecule has 9 nitrogen and oxygen atoms in total. The van der Waals surface area contributed by atoms with Crippen LogP contribution in [-0.4, -0.2) is 56.6 Å². The predicted octanol–water partition coefficient (Wildman–Crippen LogP) is -0.102. The van der Waals surface area contributed by atoms with E-state index >= 15 is 0 Å². The maximum Gasteiger partial charge on any atom is 0.338 e. The van der Waals surface area contributed by atoms with Gasteiger partial charge in [0.1, 0.15) is 0 Å². The average Bonchev–Trinajstić information content (AvgIpc) is 3.16. The summed E-state index contributed by atoms with van der Waals surface area (Å²) in [4.78, 5) is 55.3. The van der Waals surface area contributed by atoms with Gasteiger partial charge >= 0.3 is 5.97 Å². The first-order valence-electron chi connectivity index (χ1n) is 7.73. The Balaban J connectivity index is 2.75. The number of aromatic nitrogens is 2. The van der Waals surface area contributed by atoms with Gasteiger partial charge in [-0.15, -0.1) is 0 Å². The highest BCUT2D eigenvalue weighted by Crippen LogP contribution is 2.37. The molecule has 1 heterocycles. The van der Waals surface area contributed by atoms with Gasteiger partial charge in [0.05, 0.1) is 12.2 Å². The van der Waals surface area contributed by atoms with Gasteiger partial charge in [0.25, 0.3) is 0 Å². The van der Waals surface area contributed by atoms with Crippen molar-refractivity contribution in [3.63, 3.8) is 0 Å². The van der Waals surface area contributed by atoms with Gasteiger partial charge in [0.15, 0.2) is 6.29 Å². The smallest absolute Gasteiger partial charge is 0.338 e. The Bertz CT molecular complexity index is 778. The van der Waals surface area contributed by atoms with Crippen LogP contribution in [0.3, 0.4) is 0 Å². The first kappa shape index (κ1) is 19.0. The summed E-state index contributed by atoms with van der Waals surface area (Å²) in [7, 11) is 0. The SMILES string of the molecule is NCCC(=O)N(C=O)[C@](C=O)(C(=O)O)C(c1ccccc1)c1cnc[nH]1. The van der Waals surface area contributed by atoms with Crippen molar-refractivity contribution in [2.24, 2.45) is 5.73 Å². The molecule has 1 unspecified atom stereocenters. The Morgan fingerprint density at radius 1 is 1.31 bits per heavy atom. The van der Waals surface area contributed by atoms with Crippen molar-refractivity contribution in [2.45, 2.75) is 17.9 Å². The Kier molecular flexibility index (Phi) is 5.97. The number of rotatable bonds is 9. The number of carbonyl (C=O) groups is 4. The maximum absolute atomic E-state index is 12.4. The number of aldehydes is 1. The van der Waals surface area contributed by atoms with Gasteiger partial charge in [-0.2, -0.15) is 0 Å². The quantitative estimate of drug-likeness (QED) is 0.419. The Morgan fingerprint density at radius 2 is 2.00 bits per heavy atom. The lowest BCUT2D eigenvalue weighted by atomic mass is 9.76. The van der Waals surface area contributed by atoms with Gasteiger partial charge in [0.2, 0.25) is 17.9 Å². The standard InChI is InChI=1S/C17H18N4O5/c18-7-6-14(24)21(11-23)17(9-22,16(25)26)15(13-8-19-10-20-13)12-4-2-1-3-5-12/h1-5,8-11,15H,6-7,18H2,(H,19,20)(H,25,26)/t15?,17-/m0/s1. The molecule has 136 valence electrons. The molecule has 0 saturated carbocycles. The lowest BCUT2D eigenvalue weighted by Crippen LogP contribution is -2.62. The number of nitrogens with zero attached hydrogens (tertiary/aromatic N) is 2. The van der Waals surface area contributed by atoms with E-state index in [1.54, 1.807) is 30.3 Å². The van der Waals surface area contributed by atoms with E-state index in [-0.39, 0.29) is 31.4 Å². The number of carboxylic acids is 1. The van der Waals surface area contributed by atoms with E-state index in [9.17, 15) is 24.3 Å². The minimum absolute atomic E-state index is 0.0484. The molecule has 2 rings (SSSR count). The van der Waals surface area contributed by atoms with E-state index in [4.69, 9.17) is 5.73 Å². The molecule has 0 spiro atoms. The van der Waals surface area contributed by atoms with Crippen molar-refractivity contribution in [1.82, 2.24) is 14.9 Å². The zero-order valence-corrected chi connectivity index (χ0v) is 13.7. The number of carboxylic acid groups (broad SMARTS) is 1. The maximum atomic E-state index is 12.4. The van der Waals surface area contributed by atoms with Crippen LogP contribution in [-0.2, 0) is 19.2 Å². The number of benzene rings is 1. The van der Waals surface area contributed by atoms with Crippen LogP contribution in [0.5, 0.6) is 0 Å². The summed E-state index contributed by atoms with van der Waals surface area (Å²) in [5.74, 6) is -3.70. The van der Waals surface area contributed by atoms with Crippen LogP contribution in [0.4, 0.5) is 0 Å². The number of imide groups is 1. The molecule has 0 aliphatic rings. The summed E-state index contributed by atoms with van der Waals surface area (Å²) in [6.45, 7) is -0.0994. The number of H-pyrrole nitrogens is 1. The van der Waals surface area contributed by atoms with Gasteiger partial charge in [-0.3, -0.25) is 19.3 Å². The third-order valence-electron chi connectivity index (χ3n) is 4.06. The molecule has 0 radical (unpaired) electrons. The fraction of sp³-hybridized carbons (Fsp3) is 0.235. The number of aliphatic carboxylic acids is 1. The van der Waals surface area contributed by atoms with Gasteiger partial charge in [0, 0.05) is 24.9 Å². The molecule has 9 heteroatoms. The molecule has 0 aliphatic heterocycles. The number of amides is 2. The topological polar surface area (TPSA) is 146 Å². The predicted molar refractivity (Wildman–Crippen MR) is 89.9 cm³/mol. The van der Waals surface area contributed by atoms with Gasteiger partial charge in [-0.05, 0) is 5.56 Å². The van der Waals surface area contributed by atoms with Crippen LogP contribution >= 0.6 is 0 Å². The molecule has 26 heavy (non-hydrogen) atoms. The van der Waals surface area contributed by atoms with Crippen molar-refractivity contribution >= 4 is 24.6 Å². The second kappa shape index (κ2) is 8.17. The second-order valence-corrected chi connectivity index (χ2v) is 5.51.